The maximum Gasteiger partial charge on any atom is 0.266 e. The molecule has 3 heterocycles. The van der Waals surface area contributed by atoms with Gasteiger partial charge in [-0.2, -0.15) is 0 Å². The minimum absolute atomic E-state index is 0.0658. The molecule has 1 aliphatic rings. The number of aryl methyl sites for hydroxylation is 1. The number of hydrogen-bond donors (Lipinski definition) is 1. The van der Waals surface area contributed by atoms with E-state index in [4.69, 9.17) is 9.47 Å². The molecule has 0 saturated carbocycles. The number of ether oxygens (including phenoxy) is 2. The Bertz CT molecular complexity index is 1320. The van der Waals surface area contributed by atoms with E-state index in [1.807, 2.05) is 4.90 Å². The lowest BCUT2D eigenvalue weighted by Crippen LogP contribution is -2.44. The van der Waals surface area contributed by atoms with Crippen LogP contribution in [-0.2, 0) is 11.3 Å². The number of anilines is 1. The van der Waals surface area contributed by atoms with Crippen molar-refractivity contribution in [2.45, 2.75) is 33.7 Å². The van der Waals surface area contributed by atoms with E-state index in [0.717, 1.165) is 17.8 Å². The Kier molecular flexibility index (Phi) is 7.11. The fourth-order valence-electron chi connectivity index (χ4n) is 4.70. The maximum absolute atomic E-state index is 13.2. The topological polar surface area (TPSA) is 103 Å². The van der Waals surface area contributed by atoms with Gasteiger partial charge in [0.05, 0.1) is 30.8 Å². The third-order valence-electron chi connectivity index (χ3n) is 6.29. The molecule has 9 nitrogen and oxygen atoms in total. The average molecular weight is 499 g/mol. The smallest absolute Gasteiger partial charge is 0.266 e. The minimum atomic E-state index is -0.351. The number of methoxy groups -OCH3 is 2. The van der Waals surface area contributed by atoms with Crippen LogP contribution in [0.2, 0.25) is 0 Å². The number of rotatable bonds is 6. The predicted molar refractivity (Wildman–Crippen MR) is 136 cm³/mol. The largest absolute Gasteiger partial charge is 0.493 e. The van der Waals surface area contributed by atoms with Crippen molar-refractivity contribution in [1.82, 2.24) is 14.5 Å². The Morgan fingerprint density at radius 3 is 2.49 bits per heavy atom. The van der Waals surface area contributed by atoms with Crippen molar-refractivity contribution < 1.29 is 19.1 Å². The van der Waals surface area contributed by atoms with Gasteiger partial charge < -0.3 is 19.7 Å². The molecule has 4 rings (SSSR count). The Hall–Kier alpha value is -3.40. The van der Waals surface area contributed by atoms with Gasteiger partial charge in [-0.15, -0.1) is 11.3 Å². The van der Waals surface area contributed by atoms with Crippen LogP contribution < -0.4 is 20.3 Å². The van der Waals surface area contributed by atoms with Gasteiger partial charge in [0.15, 0.2) is 11.5 Å². The number of amides is 2. The predicted octanol–water partition coefficient (Wildman–Crippen LogP) is 3.54. The summed E-state index contributed by atoms with van der Waals surface area (Å²) < 4.78 is 11.9. The van der Waals surface area contributed by atoms with E-state index in [0.29, 0.717) is 62.8 Å². The van der Waals surface area contributed by atoms with Crippen LogP contribution in [0.3, 0.4) is 0 Å². The first-order valence-corrected chi connectivity index (χ1v) is 12.3. The molecule has 3 aromatic rings. The molecule has 35 heavy (non-hydrogen) atoms. The van der Waals surface area contributed by atoms with Crippen LogP contribution in [-0.4, -0.2) is 53.6 Å². The van der Waals surface area contributed by atoms with Crippen molar-refractivity contribution in [2.75, 3.05) is 32.6 Å². The molecule has 1 saturated heterocycles. The standard InChI is InChI=1S/C25H30N4O5S/c1-14-8-15(2)11-28(10-14)20(30)12-29-13-26-24-21(25(29)32)16(3)22(35-24)23(31)27-17-6-7-18(33-4)19(9-17)34-5/h6-7,9,13-15H,8,10-12H2,1-5H3,(H,27,31). The number of aromatic nitrogens is 2. The number of fused-ring (bicyclic) bond motifs is 1. The molecule has 0 bridgehead atoms. The van der Waals surface area contributed by atoms with E-state index in [1.165, 1.54) is 25.1 Å². The lowest BCUT2D eigenvalue weighted by atomic mass is 9.92. The van der Waals surface area contributed by atoms with Gasteiger partial charge in [-0.1, -0.05) is 13.8 Å². The summed E-state index contributed by atoms with van der Waals surface area (Å²) in [7, 11) is 3.06. The molecule has 2 atom stereocenters. The molecular weight excluding hydrogens is 468 g/mol. The lowest BCUT2D eigenvalue weighted by molar-refractivity contribution is -0.134. The Morgan fingerprint density at radius 1 is 1.14 bits per heavy atom. The number of piperidine rings is 1. The second kappa shape index (κ2) is 10.1. The van der Waals surface area contributed by atoms with Crippen LogP contribution in [0, 0.1) is 18.8 Å². The van der Waals surface area contributed by atoms with E-state index in [-0.39, 0.29) is 23.9 Å². The third-order valence-corrected chi connectivity index (χ3v) is 7.49. The molecule has 2 unspecified atom stereocenters. The number of nitrogens with zero attached hydrogens (tertiary/aromatic N) is 3. The molecule has 0 aliphatic carbocycles. The minimum Gasteiger partial charge on any atom is -0.493 e. The van der Waals surface area contributed by atoms with Gasteiger partial charge in [-0.3, -0.25) is 19.0 Å². The average Bonchev–Trinajstić information content (AvgIpc) is 3.17. The van der Waals surface area contributed by atoms with Gasteiger partial charge in [0.2, 0.25) is 5.91 Å². The van der Waals surface area contributed by atoms with Crippen molar-refractivity contribution in [3.05, 3.63) is 45.3 Å². The SMILES string of the molecule is COc1ccc(NC(=O)c2sc3ncn(CC(=O)N4CC(C)CC(C)C4)c(=O)c3c2C)cc1OC. The zero-order chi connectivity index (χ0) is 25.3. The van der Waals surface area contributed by atoms with E-state index < -0.39 is 0 Å². The molecule has 2 aromatic heterocycles. The van der Waals surface area contributed by atoms with Crippen molar-refractivity contribution in [2.24, 2.45) is 11.8 Å². The third kappa shape index (κ3) is 5.02. The number of hydrogen-bond acceptors (Lipinski definition) is 7. The first kappa shape index (κ1) is 24.7. The summed E-state index contributed by atoms with van der Waals surface area (Å²) in [5, 5.41) is 3.21. The summed E-state index contributed by atoms with van der Waals surface area (Å²) in [4.78, 5) is 46.2. The molecule has 2 amide bonds. The molecule has 1 N–H and O–H groups in total. The van der Waals surface area contributed by atoms with Crippen LogP contribution >= 0.6 is 11.3 Å². The quantitative estimate of drug-likeness (QED) is 0.558. The number of benzene rings is 1. The molecule has 0 spiro atoms. The van der Waals surface area contributed by atoms with Crippen LogP contribution in [0.4, 0.5) is 5.69 Å². The monoisotopic (exact) mass is 498 g/mol. The van der Waals surface area contributed by atoms with Gasteiger partial charge in [0, 0.05) is 24.8 Å². The summed E-state index contributed by atoms with van der Waals surface area (Å²) in [5.74, 6) is 1.47. The Morgan fingerprint density at radius 2 is 1.83 bits per heavy atom. The molecule has 0 radical (unpaired) electrons. The lowest BCUT2D eigenvalue weighted by Gasteiger charge is -2.35. The van der Waals surface area contributed by atoms with Crippen LogP contribution in [0.15, 0.2) is 29.3 Å². The highest BCUT2D eigenvalue weighted by atomic mass is 32.1. The summed E-state index contributed by atoms with van der Waals surface area (Å²) in [5.41, 5.74) is 0.758. The van der Waals surface area contributed by atoms with E-state index in [9.17, 15) is 14.4 Å². The molecule has 1 aromatic carbocycles. The van der Waals surface area contributed by atoms with Crippen molar-refractivity contribution in [1.29, 1.82) is 0 Å². The zero-order valence-electron chi connectivity index (χ0n) is 20.6. The van der Waals surface area contributed by atoms with Crippen LogP contribution in [0.25, 0.3) is 10.2 Å². The van der Waals surface area contributed by atoms with Crippen LogP contribution in [0.1, 0.15) is 35.5 Å². The molecule has 10 heteroatoms. The molecule has 186 valence electrons. The Balaban J connectivity index is 1.57. The van der Waals surface area contributed by atoms with Gasteiger partial charge in [0.1, 0.15) is 11.4 Å². The summed E-state index contributed by atoms with van der Waals surface area (Å²) in [6.07, 6.45) is 2.49. The Labute approximate surface area is 207 Å². The first-order chi connectivity index (χ1) is 16.7. The number of nitrogens with one attached hydrogen (secondary N) is 1. The van der Waals surface area contributed by atoms with Gasteiger partial charge in [-0.05, 0) is 42.9 Å². The fraction of sp³-hybridized carbons (Fsp3) is 0.440. The van der Waals surface area contributed by atoms with Gasteiger partial charge in [-0.25, -0.2) is 4.98 Å². The maximum atomic E-state index is 13.2. The second-order valence-electron chi connectivity index (χ2n) is 9.18. The highest BCUT2D eigenvalue weighted by Crippen LogP contribution is 2.31. The number of likely N-dealkylation sites (tertiary alicyclic amines) is 1. The van der Waals surface area contributed by atoms with Gasteiger partial charge in [0.25, 0.3) is 11.5 Å². The van der Waals surface area contributed by atoms with E-state index in [1.54, 1.807) is 25.1 Å². The molecule has 1 fully saturated rings. The summed E-state index contributed by atoms with van der Waals surface area (Å²) in [6, 6.07) is 5.08. The van der Waals surface area contributed by atoms with Crippen molar-refractivity contribution in [3.8, 4) is 11.5 Å². The molecular formula is C25H30N4O5S. The van der Waals surface area contributed by atoms with Crippen LogP contribution in [0.5, 0.6) is 11.5 Å². The second-order valence-corrected chi connectivity index (χ2v) is 10.2. The number of carbonyl (C=O) groups excluding carboxylic acids is 2. The van der Waals surface area contributed by atoms with Crippen molar-refractivity contribution >= 4 is 39.1 Å². The summed E-state index contributed by atoms with van der Waals surface area (Å²) >= 11 is 1.15. The van der Waals surface area contributed by atoms with E-state index >= 15 is 0 Å². The first-order valence-electron chi connectivity index (χ1n) is 11.5. The van der Waals surface area contributed by atoms with E-state index in [2.05, 4.69) is 24.1 Å². The fourth-order valence-corrected chi connectivity index (χ4v) is 5.74. The highest BCUT2D eigenvalue weighted by Gasteiger charge is 2.26. The van der Waals surface area contributed by atoms with Gasteiger partial charge >= 0.3 is 0 Å². The number of thiophene rings is 1. The highest BCUT2D eigenvalue weighted by molar-refractivity contribution is 7.20. The zero-order valence-corrected chi connectivity index (χ0v) is 21.4. The molecule has 1 aliphatic heterocycles. The number of carbonyl (C=O) groups is 2. The summed E-state index contributed by atoms with van der Waals surface area (Å²) in [6.45, 7) is 7.34. The van der Waals surface area contributed by atoms with Crippen molar-refractivity contribution in [3.63, 3.8) is 0 Å². The normalized spacial score (nSPS) is 17.9.